The zero-order valence-electron chi connectivity index (χ0n) is 34.5. The highest BCUT2D eigenvalue weighted by atomic mass is 16.5. The number of benzene rings is 4. The lowest BCUT2D eigenvalue weighted by molar-refractivity contribution is -0.135. The number of likely N-dealkylation sites (tertiary alicyclic amines) is 2. The van der Waals surface area contributed by atoms with E-state index < -0.39 is 24.3 Å². The van der Waals surface area contributed by atoms with Gasteiger partial charge in [-0.15, -0.1) is 0 Å². The molecule has 4 N–H and O–H groups in total. The molecule has 3 aliphatic rings. The second-order valence-corrected chi connectivity index (χ2v) is 16.2. The van der Waals surface area contributed by atoms with Crippen molar-refractivity contribution >= 4 is 45.8 Å². The van der Waals surface area contributed by atoms with Gasteiger partial charge in [0.05, 0.1) is 49.2 Å². The summed E-state index contributed by atoms with van der Waals surface area (Å²) < 4.78 is 16.1. The maximum Gasteiger partial charge on any atom is 0.407 e. The van der Waals surface area contributed by atoms with Crippen LogP contribution in [0.15, 0.2) is 79.0 Å². The number of rotatable bonds is 9. The second kappa shape index (κ2) is 16.3. The number of fused-ring (bicyclic) bond motifs is 6. The van der Waals surface area contributed by atoms with Gasteiger partial charge in [0.15, 0.2) is 0 Å². The molecule has 2 saturated heterocycles. The minimum Gasteiger partial charge on any atom is -0.488 e. The van der Waals surface area contributed by atoms with Gasteiger partial charge in [-0.1, -0.05) is 62.4 Å². The van der Waals surface area contributed by atoms with Crippen LogP contribution < -0.4 is 15.4 Å². The molecule has 15 heteroatoms. The summed E-state index contributed by atoms with van der Waals surface area (Å²) in [7, 11) is 2.57. The molecule has 0 radical (unpaired) electrons. The number of methoxy groups -OCH3 is 2. The molecule has 2 fully saturated rings. The Balaban J connectivity index is 0.959. The Morgan fingerprint density at radius 3 is 2.26 bits per heavy atom. The van der Waals surface area contributed by atoms with Gasteiger partial charge < -0.3 is 44.6 Å². The number of aromatic nitrogens is 4. The van der Waals surface area contributed by atoms with Crippen LogP contribution in [0.1, 0.15) is 80.4 Å². The smallest absolute Gasteiger partial charge is 0.407 e. The van der Waals surface area contributed by atoms with Crippen molar-refractivity contribution in [3.8, 4) is 28.1 Å². The number of alkyl carbamates (subject to hydrolysis) is 2. The van der Waals surface area contributed by atoms with Gasteiger partial charge in [0.1, 0.15) is 36.1 Å². The third-order valence-corrected chi connectivity index (χ3v) is 12.2. The van der Waals surface area contributed by atoms with E-state index in [1.165, 1.54) is 14.2 Å². The summed E-state index contributed by atoms with van der Waals surface area (Å²) >= 11 is 0. The zero-order chi connectivity index (χ0) is 42.4. The van der Waals surface area contributed by atoms with Crippen LogP contribution in [0, 0.1) is 5.92 Å². The summed E-state index contributed by atoms with van der Waals surface area (Å²) in [6.07, 6.45) is 3.63. The number of hydrogen-bond acceptors (Lipinski definition) is 9. The van der Waals surface area contributed by atoms with Crippen molar-refractivity contribution in [3.05, 3.63) is 102 Å². The Morgan fingerprint density at radius 2 is 1.52 bits per heavy atom. The SMILES string of the molecule is COC(=O)NC(C(=O)N1CCC[C@H]1c1ncc(-c2ccc3c(c2)COc2cc4c(ccc5nc([C@@H]6CCCN6C(=O)[C@H](NC(=O)OC)c6ccccc6)[nH]c54)cc2-3)[nH]1)C(C)C. The molecule has 0 saturated carbocycles. The van der Waals surface area contributed by atoms with Crippen molar-refractivity contribution < 1.29 is 33.4 Å². The first-order valence-corrected chi connectivity index (χ1v) is 20.7. The molecule has 1 unspecified atom stereocenters. The molecule has 4 amide bonds. The molecule has 2 aromatic heterocycles. The fourth-order valence-corrected chi connectivity index (χ4v) is 9.07. The van der Waals surface area contributed by atoms with Crippen molar-refractivity contribution in [2.24, 2.45) is 5.92 Å². The van der Waals surface area contributed by atoms with E-state index in [1.54, 1.807) is 11.1 Å². The zero-order valence-corrected chi connectivity index (χ0v) is 34.5. The van der Waals surface area contributed by atoms with E-state index in [1.807, 2.05) is 55.1 Å². The fraction of sp³-hybridized carbons (Fsp3) is 0.348. The number of amides is 4. The van der Waals surface area contributed by atoms with Gasteiger partial charge >= 0.3 is 12.2 Å². The molecule has 0 spiro atoms. The largest absolute Gasteiger partial charge is 0.488 e. The number of aromatic amines is 2. The first kappa shape index (κ1) is 39.6. The maximum absolute atomic E-state index is 14.1. The fourth-order valence-electron chi connectivity index (χ4n) is 9.07. The predicted molar refractivity (Wildman–Crippen MR) is 227 cm³/mol. The van der Waals surface area contributed by atoms with E-state index in [-0.39, 0.29) is 29.8 Å². The number of carbonyl (C=O) groups is 4. The number of nitrogens with one attached hydrogen (secondary N) is 4. The summed E-state index contributed by atoms with van der Waals surface area (Å²) in [4.78, 5) is 72.5. The number of imidazole rings is 2. The standard InChI is InChI=1S/C46H48N8O7/c1-25(2)38(51-45(57)59-3)43(55)53-18-8-12-35(53)41-47-23-34(49-41)28-14-16-30-29(20-28)24-61-37-22-31-27(21-32(30)37)15-17-33-40(31)50-42(48-33)36-13-9-19-54(36)44(56)39(52-46(58)60-4)26-10-6-5-7-11-26/h5-7,10-11,14-17,20-23,25,35-36,38-39H,8-9,12-13,18-19,24H2,1-4H3,(H,47,49)(H,48,50)(H,51,57)(H,52,58)/t35-,36-,38?,39+/m0/s1. The molecular weight excluding hydrogens is 777 g/mol. The highest BCUT2D eigenvalue weighted by molar-refractivity contribution is 6.07. The number of H-pyrrole nitrogens is 2. The first-order chi connectivity index (χ1) is 29.6. The first-order valence-electron chi connectivity index (χ1n) is 20.7. The minimum absolute atomic E-state index is 0.120. The van der Waals surface area contributed by atoms with Gasteiger partial charge in [0.2, 0.25) is 5.91 Å². The molecule has 9 rings (SSSR count). The van der Waals surface area contributed by atoms with Crippen molar-refractivity contribution in [2.75, 3.05) is 27.3 Å². The lowest BCUT2D eigenvalue weighted by Crippen LogP contribution is -2.51. The van der Waals surface area contributed by atoms with Crippen LogP contribution in [0.3, 0.4) is 0 Å². The summed E-state index contributed by atoms with van der Waals surface area (Å²) in [6.45, 7) is 5.29. The van der Waals surface area contributed by atoms with E-state index in [0.29, 0.717) is 36.9 Å². The summed E-state index contributed by atoms with van der Waals surface area (Å²) in [5.41, 5.74) is 7.23. The maximum atomic E-state index is 14.1. The Hall–Kier alpha value is -6.90. The lowest BCUT2D eigenvalue weighted by atomic mass is 9.92. The molecule has 5 heterocycles. The van der Waals surface area contributed by atoms with Gasteiger partial charge in [-0.2, -0.15) is 0 Å². The third-order valence-electron chi connectivity index (χ3n) is 12.2. The van der Waals surface area contributed by atoms with Gasteiger partial charge in [0, 0.05) is 24.0 Å². The Kier molecular flexibility index (Phi) is 10.6. The van der Waals surface area contributed by atoms with Crippen LogP contribution in [0.2, 0.25) is 0 Å². The Labute approximate surface area is 352 Å². The molecule has 3 aliphatic heterocycles. The molecule has 61 heavy (non-hydrogen) atoms. The summed E-state index contributed by atoms with van der Waals surface area (Å²) in [6, 6.07) is 21.6. The van der Waals surface area contributed by atoms with Crippen LogP contribution in [-0.4, -0.2) is 87.1 Å². The minimum atomic E-state index is -0.902. The molecule has 4 atom stereocenters. The van der Waals surface area contributed by atoms with Crippen LogP contribution in [0.25, 0.3) is 44.2 Å². The van der Waals surface area contributed by atoms with Gasteiger partial charge in [-0.3, -0.25) is 9.59 Å². The molecule has 0 aliphatic carbocycles. The summed E-state index contributed by atoms with van der Waals surface area (Å²) in [5.74, 6) is 1.68. The van der Waals surface area contributed by atoms with Gasteiger partial charge in [-0.05, 0) is 83.5 Å². The van der Waals surface area contributed by atoms with Crippen molar-refractivity contribution in [1.82, 2.24) is 40.4 Å². The van der Waals surface area contributed by atoms with E-state index in [0.717, 1.165) is 81.2 Å². The average molecular weight is 825 g/mol. The molecule has 6 aromatic rings. The van der Waals surface area contributed by atoms with Crippen LogP contribution in [0.5, 0.6) is 5.75 Å². The lowest BCUT2D eigenvalue weighted by Gasteiger charge is -2.30. The molecule has 0 bridgehead atoms. The number of hydrogen-bond donors (Lipinski definition) is 4. The number of carbonyl (C=O) groups excluding carboxylic acids is 4. The topological polar surface area (TPSA) is 184 Å². The van der Waals surface area contributed by atoms with Gasteiger partial charge in [0.25, 0.3) is 5.91 Å². The third kappa shape index (κ3) is 7.38. The molecule has 15 nitrogen and oxygen atoms in total. The number of ether oxygens (including phenoxy) is 3. The Bertz CT molecular complexity index is 2660. The van der Waals surface area contributed by atoms with Crippen LogP contribution in [0.4, 0.5) is 9.59 Å². The van der Waals surface area contributed by atoms with E-state index in [4.69, 9.17) is 24.2 Å². The Morgan fingerprint density at radius 1 is 0.803 bits per heavy atom. The van der Waals surface area contributed by atoms with Gasteiger partial charge in [-0.25, -0.2) is 19.6 Å². The second-order valence-electron chi connectivity index (χ2n) is 16.2. The quantitative estimate of drug-likeness (QED) is 0.115. The van der Waals surface area contributed by atoms with Crippen molar-refractivity contribution in [1.29, 1.82) is 0 Å². The highest BCUT2D eigenvalue weighted by Crippen LogP contribution is 2.43. The van der Waals surface area contributed by atoms with E-state index in [9.17, 15) is 19.2 Å². The van der Waals surface area contributed by atoms with Crippen molar-refractivity contribution in [3.63, 3.8) is 0 Å². The molecule has 4 aromatic carbocycles. The molecule has 314 valence electrons. The highest BCUT2D eigenvalue weighted by Gasteiger charge is 2.39. The number of nitrogens with zero attached hydrogens (tertiary/aromatic N) is 4. The van der Waals surface area contributed by atoms with E-state index in [2.05, 4.69) is 57.0 Å². The van der Waals surface area contributed by atoms with Crippen molar-refractivity contribution in [2.45, 2.75) is 70.3 Å². The van der Waals surface area contributed by atoms with Crippen LogP contribution in [-0.2, 0) is 25.7 Å². The van der Waals surface area contributed by atoms with Crippen LogP contribution >= 0.6 is 0 Å². The predicted octanol–water partition coefficient (Wildman–Crippen LogP) is 7.47. The monoisotopic (exact) mass is 824 g/mol. The average Bonchev–Trinajstić information content (AvgIpc) is 4.13. The normalized spacial score (nSPS) is 18.0. The van der Waals surface area contributed by atoms with E-state index >= 15 is 0 Å². The summed E-state index contributed by atoms with van der Waals surface area (Å²) in [5, 5.41) is 7.42. The molecular formula is C46H48N8O7.